The van der Waals surface area contributed by atoms with Crippen molar-refractivity contribution >= 4 is 15.9 Å². The van der Waals surface area contributed by atoms with E-state index in [-0.39, 0.29) is 12.3 Å². The first-order chi connectivity index (χ1) is 9.56. The van der Waals surface area contributed by atoms with E-state index in [1.54, 1.807) is 11.6 Å². The Morgan fingerprint density at radius 1 is 1.38 bits per heavy atom. The molecule has 1 N–H and O–H groups in total. The van der Waals surface area contributed by atoms with Crippen molar-refractivity contribution < 1.29 is 26.4 Å². The van der Waals surface area contributed by atoms with E-state index in [0.29, 0.717) is 24.8 Å². The van der Waals surface area contributed by atoms with Crippen molar-refractivity contribution in [2.24, 2.45) is 5.92 Å². The van der Waals surface area contributed by atoms with Gasteiger partial charge < -0.3 is 0 Å². The fourth-order valence-electron chi connectivity index (χ4n) is 1.41. The molecule has 1 atom stereocenters. The van der Waals surface area contributed by atoms with Gasteiger partial charge in [0, 0.05) is 12.6 Å². The number of amides is 1. The van der Waals surface area contributed by atoms with Gasteiger partial charge in [-0.25, -0.2) is 9.71 Å². The molecule has 0 saturated carbocycles. The van der Waals surface area contributed by atoms with E-state index in [4.69, 9.17) is 0 Å². The van der Waals surface area contributed by atoms with Crippen molar-refractivity contribution in [2.45, 2.75) is 37.9 Å². The Bertz CT molecular complexity index is 597. The third kappa shape index (κ3) is 5.00. The van der Waals surface area contributed by atoms with Crippen molar-refractivity contribution in [3.8, 4) is 0 Å². The molecule has 118 valence electrons. The maximum Gasteiger partial charge on any atom is 0.417 e. The second kappa shape index (κ2) is 6.42. The molecule has 1 heterocycles. The zero-order valence-electron chi connectivity index (χ0n) is 11.4. The van der Waals surface area contributed by atoms with Gasteiger partial charge in [0.05, 0.1) is 5.56 Å². The highest BCUT2D eigenvalue weighted by Crippen LogP contribution is 2.28. The lowest BCUT2D eigenvalue weighted by Gasteiger charge is -2.10. The van der Waals surface area contributed by atoms with Crippen LogP contribution in [0.4, 0.5) is 13.2 Å². The van der Waals surface area contributed by atoms with E-state index < -0.39 is 32.7 Å². The first-order valence-corrected chi connectivity index (χ1v) is 7.63. The van der Waals surface area contributed by atoms with Crippen LogP contribution < -0.4 is 4.72 Å². The molecule has 0 aliphatic carbocycles. The summed E-state index contributed by atoms with van der Waals surface area (Å²) in [5.41, 5.74) is -1.06. The van der Waals surface area contributed by atoms with Crippen LogP contribution in [-0.2, 0) is 21.0 Å². The number of hydrogen-bond acceptors (Lipinski definition) is 4. The van der Waals surface area contributed by atoms with Gasteiger partial charge in [0.1, 0.15) is 0 Å². The molecule has 1 amide bonds. The van der Waals surface area contributed by atoms with E-state index in [1.807, 2.05) is 6.92 Å². The number of rotatable bonds is 5. The van der Waals surface area contributed by atoms with E-state index in [1.165, 1.54) is 0 Å². The molecule has 1 aromatic heterocycles. The number of carbonyl (C=O) groups excluding carboxylic acids is 1. The van der Waals surface area contributed by atoms with E-state index >= 15 is 0 Å². The minimum Gasteiger partial charge on any atom is -0.274 e. The number of nitrogens with one attached hydrogen (secondary N) is 1. The molecule has 5 nitrogen and oxygen atoms in total. The lowest BCUT2D eigenvalue weighted by atomic mass is 10.1. The highest BCUT2D eigenvalue weighted by Gasteiger charge is 2.31. The maximum absolute atomic E-state index is 12.3. The molecule has 0 fully saturated rings. The summed E-state index contributed by atoms with van der Waals surface area (Å²) in [5, 5.41) is -0.631. The maximum atomic E-state index is 12.3. The van der Waals surface area contributed by atoms with Crippen LogP contribution in [0.3, 0.4) is 0 Å². The van der Waals surface area contributed by atoms with Crippen LogP contribution in [0.15, 0.2) is 23.4 Å². The topological polar surface area (TPSA) is 76.1 Å². The Labute approximate surface area is 120 Å². The number of pyridine rings is 1. The van der Waals surface area contributed by atoms with Gasteiger partial charge in [-0.1, -0.05) is 20.3 Å². The van der Waals surface area contributed by atoms with Crippen LogP contribution >= 0.6 is 0 Å². The average molecular weight is 324 g/mol. The van der Waals surface area contributed by atoms with Crippen LogP contribution in [0, 0.1) is 5.92 Å². The van der Waals surface area contributed by atoms with Gasteiger partial charge in [0.15, 0.2) is 5.03 Å². The third-order valence-electron chi connectivity index (χ3n) is 2.82. The summed E-state index contributed by atoms with van der Waals surface area (Å²) in [4.78, 5) is 14.8. The number of aromatic nitrogens is 1. The van der Waals surface area contributed by atoms with Crippen LogP contribution in [0.1, 0.15) is 32.3 Å². The zero-order chi connectivity index (χ0) is 16.3. The molecule has 0 aliphatic heterocycles. The summed E-state index contributed by atoms with van der Waals surface area (Å²) >= 11 is 0. The molecule has 0 aromatic carbocycles. The smallest absolute Gasteiger partial charge is 0.274 e. The highest BCUT2D eigenvalue weighted by molar-refractivity contribution is 7.90. The van der Waals surface area contributed by atoms with Crippen molar-refractivity contribution in [3.63, 3.8) is 0 Å². The van der Waals surface area contributed by atoms with Crippen molar-refractivity contribution in [2.75, 3.05) is 0 Å². The van der Waals surface area contributed by atoms with Crippen molar-refractivity contribution in [1.29, 1.82) is 0 Å². The summed E-state index contributed by atoms with van der Waals surface area (Å²) in [6.45, 7) is 3.63. The van der Waals surface area contributed by atoms with Crippen LogP contribution in [0.5, 0.6) is 0 Å². The molecule has 0 saturated heterocycles. The lowest BCUT2D eigenvalue weighted by molar-refractivity contribution is -0.137. The number of carbonyl (C=O) groups is 1. The second-order valence-electron chi connectivity index (χ2n) is 4.63. The summed E-state index contributed by atoms with van der Waals surface area (Å²) in [5.74, 6) is -0.716. The molecule has 1 aromatic rings. The summed E-state index contributed by atoms with van der Waals surface area (Å²) < 4.78 is 62.4. The molecule has 1 unspecified atom stereocenters. The summed E-state index contributed by atoms with van der Waals surface area (Å²) in [6, 6.07) is 1.31. The number of nitrogens with zero attached hydrogens (tertiary/aromatic N) is 1. The summed E-state index contributed by atoms with van der Waals surface area (Å²) in [7, 11) is -4.25. The zero-order valence-corrected chi connectivity index (χ0v) is 12.3. The number of halogens is 3. The molecule has 0 aliphatic rings. The molecule has 0 spiro atoms. The van der Waals surface area contributed by atoms with Gasteiger partial charge in [-0.2, -0.15) is 21.6 Å². The third-order valence-corrected chi connectivity index (χ3v) is 4.11. The van der Waals surface area contributed by atoms with Crippen molar-refractivity contribution in [3.05, 3.63) is 23.9 Å². The molecule has 21 heavy (non-hydrogen) atoms. The van der Waals surface area contributed by atoms with Gasteiger partial charge in [-0.3, -0.25) is 4.79 Å². The second-order valence-corrected chi connectivity index (χ2v) is 6.26. The highest BCUT2D eigenvalue weighted by atomic mass is 32.2. The Morgan fingerprint density at radius 2 is 2.00 bits per heavy atom. The lowest BCUT2D eigenvalue weighted by Crippen LogP contribution is -2.32. The monoisotopic (exact) mass is 324 g/mol. The Balaban J connectivity index is 2.86. The Hall–Kier alpha value is -1.64. The Kier molecular flexibility index (Phi) is 5.32. The number of sulfonamides is 1. The number of alkyl halides is 3. The van der Waals surface area contributed by atoms with E-state index in [2.05, 4.69) is 4.98 Å². The minimum absolute atomic E-state index is 0.000708. The van der Waals surface area contributed by atoms with E-state index in [9.17, 15) is 26.4 Å². The SMILES string of the molecule is CCC(C)CC(=O)NS(=O)(=O)c1ccc(C(F)(F)F)cn1. The van der Waals surface area contributed by atoms with Gasteiger partial charge >= 0.3 is 6.18 Å². The predicted molar refractivity (Wildman–Crippen MR) is 68.6 cm³/mol. The van der Waals surface area contributed by atoms with Gasteiger partial charge in [-0.15, -0.1) is 0 Å². The predicted octanol–water partition coefficient (Wildman–Crippen LogP) is 2.34. The fourth-order valence-corrected chi connectivity index (χ4v) is 2.34. The van der Waals surface area contributed by atoms with Gasteiger partial charge in [0.25, 0.3) is 10.0 Å². The molecule has 0 bridgehead atoms. The molecular formula is C12H15F3N2O3S. The minimum atomic E-state index is -4.60. The molecular weight excluding hydrogens is 309 g/mol. The fraction of sp³-hybridized carbons (Fsp3) is 0.500. The van der Waals surface area contributed by atoms with Crippen LogP contribution in [0.25, 0.3) is 0 Å². The molecule has 0 radical (unpaired) electrons. The van der Waals surface area contributed by atoms with E-state index in [0.717, 1.165) is 0 Å². The van der Waals surface area contributed by atoms with Gasteiger partial charge in [-0.05, 0) is 18.1 Å². The number of hydrogen-bond donors (Lipinski definition) is 1. The Morgan fingerprint density at radius 3 is 2.43 bits per heavy atom. The normalized spacial score (nSPS) is 13.8. The summed E-state index contributed by atoms with van der Waals surface area (Å²) in [6.07, 6.45) is -3.48. The molecule has 1 rings (SSSR count). The van der Waals surface area contributed by atoms with Gasteiger partial charge in [0.2, 0.25) is 5.91 Å². The average Bonchev–Trinajstić information content (AvgIpc) is 2.37. The van der Waals surface area contributed by atoms with Crippen molar-refractivity contribution in [1.82, 2.24) is 9.71 Å². The van der Waals surface area contributed by atoms with Crippen LogP contribution in [0.2, 0.25) is 0 Å². The first-order valence-electron chi connectivity index (χ1n) is 6.15. The van der Waals surface area contributed by atoms with Crippen LogP contribution in [-0.4, -0.2) is 19.3 Å². The molecule has 9 heteroatoms. The first kappa shape index (κ1) is 17.4. The quantitative estimate of drug-likeness (QED) is 0.902. The largest absolute Gasteiger partial charge is 0.417 e. The standard InChI is InChI=1S/C12H15F3N2O3S/c1-3-8(2)6-10(18)17-21(19,20)11-5-4-9(7-16-11)12(13,14)15/h4-5,7-8H,3,6H2,1-2H3,(H,17,18).